The predicted octanol–water partition coefficient (Wildman–Crippen LogP) is 0.480. The molecule has 20 heavy (non-hydrogen) atoms. The van der Waals surface area contributed by atoms with Crippen molar-refractivity contribution in [1.29, 1.82) is 0 Å². The number of primary amides is 1. The summed E-state index contributed by atoms with van der Waals surface area (Å²) in [5.41, 5.74) is 4.26. The van der Waals surface area contributed by atoms with Crippen LogP contribution in [0.5, 0.6) is 0 Å². The van der Waals surface area contributed by atoms with E-state index in [0.29, 0.717) is 0 Å². The summed E-state index contributed by atoms with van der Waals surface area (Å²) in [7, 11) is 0. The van der Waals surface area contributed by atoms with Crippen molar-refractivity contribution in [3.8, 4) is 0 Å². The third kappa shape index (κ3) is 4.48. The highest BCUT2D eigenvalue weighted by Crippen LogP contribution is 2.27. The highest BCUT2D eigenvalue weighted by molar-refractivity contribution is 6.33. The molecule has 9 heteroatoms. The van der Waals surface area contributed by atoms with Gasteiger partial charge in [-0.25, -0.2) is 0 Å². The number of nitrogens with one attached hydrogen (secondary N) is 1. The fourth-order valence-corrected chi connectivity index (χ4v) is 1.63. The van der Waals surface area contributed by atoms with Gasteiger partial charge in [0.25, 0.3) is 5.91 Å². The van der Waals surface area contributed by atoms with E-state index >= 15 is 0 Å². The van der Waals surface area contributed by atoms with Crippen LogP contribution in [0.15, 0.2) is 18.2 Å². The molecular weight excluding hydrogens is 290 g/mol. The highest BCUT2D eigenvalue weighted by Gasteiger charge is 2.23. The largest absolute Gasteiger partial charge is 0.370 e. The number of hydrogen-bond donors (Lipinski definition) is 2. The van der Waals surface area contributed by atoms with Gasteiger partial charge in [0.15, 0.2) is 0 Å². The Balaban J connectivity index is 2.62. The van der Waals surface area contributed by atoms with Crippen LogP contribution in [0, 0.1) is 10.1 Å². The number of para-hydroxylation sites is 1. The minimum Gasteiger partial charge on any atom is -0.370 e. The van der Waals surface area contributed by atoms with Crippen LogP contribution in [0.4, 0.5) is 5.69 Å². The van der Waals surface area contributed by atoms with Crippen molar-refractivity contribution in [2.24, 2.45) is 5.73 Å². The molecule has 2 amide bonds. The van der Waals surface area contributed by atoms with Crippen molar-refractivity contribution in [2.45, 2.75) is 0 Å². The number of rotatable bonds is 7. The predicted molar refractivity (Wildman–Crippen MR) is 70.5 cm³/mol. The SMILES string of the molecule is NC(=O)COCCNC(=O)c1cccc(Cl)c1[N+](=O)[O-]. The lowest BCUT2D eigenvalue weighted by Crippen LogP contribution is -2.29. The maximum absolute atomic E-state index is 11.8. The molecule has 1 rings (SSSR count). The average Bonchev–Trinajstić information content (AvgIpc) is 2.36. The smallest absolute Gasteiger partial charge is 0.300 e. The summed E-state index contributed by atoms with van der Waals surface area (Å²) < 4.78 is 4.83. The van der Waals surface area contributed by atoms with Gasteiger partial charge in [-0.15, -0.1) is 0 Å². The van der Waals surface area contributed by atoms with E-state index < -0.39 is 22.4 Å². The maximum atomic E-state index is 11.8. The summed E-state index contributed by atoms with van der Waals surface area (Å²) in [5.74, 6) is -1.27. The van der Waals surface area contributed by atoms with Gasteiger partial charge in [0.1, 0.15) is 17.2 Å². The maximum Gasteiger partial charge on any atom is 0.300 e. The monoisotopic (exact) mass is 301 g/mol. The zero-order chi connectivity index (χ0) is 15.1. The zero-order valence-electron chi connectivity index (χ0n) is 10.3. The fraction of sp³-hybridized carbons (Fsp3) is 0.273. The van der Waals surface area contributed by atoms with Crippen molar-refractivity contribution in [3.63, 3.8) is 0 Å². The van der Waals surface area contributed by atoms with Crippen molar-refractivity contribution in [3.05, 3.63) is 38.9 Å². The molecule has 108 valence electrons. The van der Waals surface area contributed by atoms with Crippen LogP contribution >= 0.6 is 11.6 Å². The number of nitrogens with zero attached hydrogens (tertiary/aromatic N) is 1. The molecule has 0 spiro atoms. The highest BCUT2D eigenvalue weighted by atomic mass is 35.5. The lowest BCUT2D eigenvalue weighted by atomic mass is 10.1. The summed E-state index contributed by atoms with van der Waals surface area (Å²) in [6, 6.07) is 4.06. The molecule has 0 aliphatic rings. The molecule has 0 saturated carbocycles. The van der Waals surface area contributed by atoms with Gasteiger partial charge in [-0.2, -0.15) is 0 Å². The Hall–Kier alpha value is -2.19. The Morgan fingerprint density at radius 1 is 1.45 bits per heavy atom. The molecule has 0 aliphatic heterocycles. The van der Waals surface area contributed by atoms with E-state index in [-0.39, 0.29) is 30.3 Å². The van der Waals surface area contributed by atoms with E-state index in [4.69, 9.17) is 22.1 Å². The Kier molecular flexibility index (Phi) is 5.88. The number of carbonyl (C=O) groups excluding carboxylic acids is 2. The van der Waals surface area contributed by atoms with Crippen LogP contribution in [0.1, 0.15) is 10.4 Å². The molecule has 0 aromatic heterocycles. The van der Waals surface area contributed by atoms with Crippen molar-refractivity contribution in [2.75, 3.05) is 19.8 Å². The van der Waals surface area contributed by atoms with E-state index in [0.717, 1.165) is 0 Å². The summed E-state index contributed by atoms with van der Waals surface area (Å²) in [6.07, 6.45) is 0. The number of halogens is 1. The lowest BCUT2D eigenvalue weighted by Gasteiger charge is -2.06. The number of nitro groups is 1. The second-order valence-corrected chi connectivity index (χ2v) is 4.08. The third-order valence-electron chi connectivity index (χ3n) is 2.19. The third-order valence-corrected chi connectivity index (χ3v) is 2.50. The fourth-order valence-electron chi connectivity index (χ4n) is 1.39. The van der Waals surface area contributed by atoms with Gasteiger partial charge >= 0.3 is 5.69 Å². The standard InChI is InChI=1S/C11H12ClN3O5/c12-8-3-1-2-7(10(8)15(18)19)11(17)14-4-5-20-6-9(13)16/h1-3H,4-6H2,(H2,13,16)(H,14,17). The topological polar surface area (TPSA) is 125 Å². The Bertz CT molecular complexity index is 535. The second-order valence-electron chi connectivity index (χ2n) is 3.67. The molecule has 0 radical (unpaired) electrons. The Morgan fingerprint density at radius 3 is 2.75 bits per heavy atom. The first-order valence-corrected chi connectivity index (χ1v) is 5.88. The van der Waals surface area contributed by atoms with Crippen molar-refractivity contribution in [1.82, 2.24) is 5.32 Å². The van der Waals surface area contributed by atoms with Crippen molar-refractivity contribution < 1.29 is 19.2 Å². The summed E-state index contributed by atoms with van der Waals surface area (Å²) in [4.78, 5) is 32.3. The molecule has 1 aromatic carbocycles. The molecule has 1 aromatic rings. The van der Waals surface area contributed by atoms with Gasteiger partial charge in [0.2, 0.25) is 5.91 Å². The molecule has 0 bridgehead atoms. The zero-order valence-corrected chi connectivity index (χ0v) is 11.1. The van der Waals surface area contributed by atoms with Crippen LogP contribution < -0.4 is 11.1 Å². The molecule has 3 N–H and O–H groups in total. The Labute approximate surface area is 119 Å². The van der Waals surface area contributed by atoms with Crippen LogP contribution in [-0.2, 0) is 9.53 Å². The number of hydrogen-bond acceptors (Lipinski definition) is 5. The van der Waals surface area contributed by atoms with Gasteiger partial charge in [0, 0.05) is 6.54 Å². The first-order valence-electron chi connectivity index (χ1n) is 5.50. The number of amides is 2. The first kappa shape index (κ1) is 15.9. The molecule has 0 unspecified atom stereocenters. The minimum absolute atomic E-state index is 0.0586. The van der Waals surface area contributed by atoms with Gasteiger partial charge < -0.3 is 15.8 Å². The number of benzene rings is 1. The number of nitrogens with two attached hydrogens (primary N) is 1. The van der Waals surface area contributed by atoms with Crippen LogP contribution in [0.25, 0.3) is 0 Å². The Morgan fingerprint density at radius 2 is 2.15 bits per heavy atom. The number of ether oxygens (including phenoxy) is 1. The van der Waals surface area contributed by atoms with E-state index in [9.17, 15) is 19.7 Å². The molecule has 0 atom stereocenters. The summed E-state index contributed by atoms with van der Waals surface area (Å²) in [5, 5.41) is 13.2. The molecular formula is C11H12ClN3O5. The average molecular weight is 302 g/mol. The first-order chi connectivity index (χ1) is 9.43. The quantitative estimate of drug-likeness (QED) is 0.430. The van der Waals surface area contributed by atoms with E-state index in [1.807, 2.05) is 0 Å². The molecule has 0 heterocycles. The van der Waals surface area contributed by atoms with Crippen molar-refractivity contribution >= 4 is 29.1 Å². The second kappa shape index (κ2) is 7.41. The molecule has 0 fully saturated rings. The van der Waals surface area contributed by atoms with Crippen LogP contribution in [0.2, 0.25) is 5.02 Å². The molecule has 0 aliphatic carbocycles. The van der Waals surface area contributed by atoms with Gasteiger partial charge in [-0.05, 0) is 12.1 Å². The summed E-state index contributed by atoms with van der Waals surface area (Å²) >= 11 is 5.69. The van der Waals surface area contributed by atoms with E-state index in [1.165, 1.54) is 18.2 Å². The number of nitro benzene ring substituents is 1. The van der Waals surface area contributed by atoms with Crippen LogP contribution in [0.3, 0.4) is 0 Å². The molecule has 0 saturated heterocycles. The van der Waals surface area contributed by atoms with Gasteiger partial charge in [0.05, 0.1) is 11.5 Å². The normalized spacial score (nSPS) is 10.1. The van der Waals surface area contributed by atoms with Gasteiger partial charge in [-0.3, -0.25) is 19.7 Å². The molecule has 8 nitrogen and oxygen atoms in total. The van der Waals surface area contributed by atoms with Gasteiger partial charge in [-0.1, -0.05) is 17.7 Å². The van der Waals surface area contributed by atoms with Crippen LogP contribution in [-0.4, -0.2) is 36.5 Å². The minimum atomic E-state index is -0.721. The lowest BCUT2D eigenvalue weighted by molar-refractivity contribution is -0.385. The van der Waals surface area contributed by atoms with E-state index in [1.54, 1.807) is 0 Å². The number of carbonyl (C=O) groups is 2. The summed E-state index contributed by atoms with van der Waals surface area (Å²) in [6.45, 7) is -0.119. The van der Waals surface area contributed by atoms with E-state index in [2.05, 4.69) is 5.32 Å².